The zero-order chi connectivity index (χ0) is 16.8. The van der Waals surface area contributed by atoms with Crippen LogP contribution in [0.4, 0.5) is 17.6 Å². The number of allylic oxidation sites excluding steroid dienone is 3. The van der Waals surface area contributed by atoms with Gasteiger partial charge in [0, 0.05) is 0 Å². The number of hydrogen-bond donors (Lipinski definition) is 1. The molecule has 0 amide bonds. The second kappa shape index (κ2) is 5.93. The van der Waals surface area contributed by atoms with Gasteiger partial charge < -0.3 is 5.11 Å². The summed E-state index contributed by atoms with van der Waals surface area (Å²) >= 11 is 1.83. The Morgan fingerprint density at radius 2 is 1.68 bits per heavy atom. The van der Waals surface area contributed by atoms with Crippen LogP contribution in [-0.4, -0.2) is 21.5 Å². The van der Waals surface area contributed by atoms with Crippen molar-refractivity contribution < 1.29 is 22.7 Å². The molecule has 1 nitrogen and oxygen atoms in total. The lowest BCUT2D eigenvalue weighted by molar-refractivity contribution is -0.179. The molecule has 0 aromatic heterocycles. The Bertz CT molecular complexity index is 499. The molecule has 0 aromatic carbocycles. The van der Waals surface area contributed by atoms with E-state index in [9.17, 15) is 22.7 Å². The molecule has 0 heterocycles. The molecule has 0 bridgehead atoms. The van der Waals surface area contributed by atoms with E-state index in [-0.39, 0.29) is 12.0 Å². The number of rotatable bonds is 3. The lowest BCUT2D eigenvalue weighted by Crippen LogP contribution is -2.49. The van der Waals surface area contributed by atoms with Gasteiger partial charge in [0.05, 0.1) is 11.5 Å². The Morgan fingerprint density at radius 1 is 1.14 bits per heavy atom. The van der Waals surface area contributed by atoms with Gasteiger partial charge in [0.15, 0.2) is 0 Å². The minimum absolute atomic E-state index is 0.0689. The van der Waals surface area contributed by atoms with Gasteiger partial charge in [-0.3, -0.25) is 0 Å². The van der Waals surface area contributed by atoms with Gasteiger partial charge >= 0.3 is 10.8 Å². The third-order valence-electron chi connectivity index (χ3n) is 4.96. The average Bonchev–Trinajstić information content (AvgIpc) is 2.40. The third kappa shape index (κ3) is 3.14. The highest BCUT2D eigenvalue weighted by atomic mass is 79.9. The Labute approximate surface area is 136 Å². The second-order valence-corrected chi connectivity index (χ2v) is 7.53. The number of hydrogen-bond acceptors (Lipinski definition) is 1. The van der Waals surface area contributed by atoms with E-state index in [1.54, 1.807) is 13.8 Å². The van der Waals surface area contributed by atoms with Gasteiger partial charge in [-0.15, -0.1) is 0 Å². The first-order valence-electron chi connectivity index (χ1n) is 7.54. The van der Waals surface area contributed by atoms with E-state index in [1.807, 2.05) is 15.9 Å². The topological polar surface area (TPSA) is 20.2 Å². The van der Waals surface area contributed by atoms with Crippen LogP contribution < -0.4 is 0 Å². The zero-order valence-corrected chi connectivity index (χ0v) is 14.3. The first kappa shape index (κ1) is 18.0. The molecule has 1 fully saturated rings. The fourth-order valence-electron chi connectivity index (χ4n) is 3.44. The molecule has 0 saturated heterocycles. The molecule has 6 heteroatoms. The minimum Gasteiger partial charge on any atom is -0.385 e. The molecular formula is C16H21BrF4O. The third-order valence-corrected chi connectivity index (χ3v) is 5.49. The van der Waals surface area contributed by atoms with Crippen molar-refractivity contribution in [2.45, 2.75) is 68.7 Å². The average molecular weight is 385 g/mol. The van der Waals surface area contributed by atoms with Crippen LogP contribution in [0.15, 0.2) is 22.8 Å². The summed E-state index contributed by atoms with van der Waals surface area (Å²) in [6.07, 6.45) is 4.42. The molecule has 1 N–H and O–H groups in total. The van der Waals surface area contributed by atoms with Crippen LogP contribution in [-0.2, 0) is 0 Å². The van der Waals surface area contributed by atoms with E-state index < -0.39 is 22.3 Å². The summed E-state index contributed by atoms with van der Waals surface area (Å²) in [5.41, 5.74) is 0.106. The van der Waals surface area contributed by atoms with Gasteiger partial charge in [0.25, 0.3) is 0 Å². The van der Waals surface area contributed by atoms with Crippen molar-refractivity contribution in [1.82, 2.24) is 0 Å². The molecule has 1 saturated carbocycles. The van der Waals surface area contributed by atoms with E-state index in [0.717, 1.165) is 24.8 Å². The van der Waals surface area contributed by atoms with E-state index in [2.05, 4.69) is 0 Å². The van der Waals surface area contributed by atoms with E-state index in [0.29, 0.717) is 18.4 Å². The molecule has 1 unspecified atom stereocenters. The summed E-state index contributed by atoms with van der Waals surface area (Å²) in [5.74, 6) is -5.94. The summed E-state index contributed by atoms with van der Waals surface area (Å²) in [6, 6.07) is 0. The summed E-state index contributed by atoms with van der Waals surface area (Å²) in [5, 5.41) is 10.8. The summed E-state index contributed by atoms with van der Waals surface area (Å²) in [4.78, 5) is -4.31. The summed E-state index contributed by atoms with van der Waals surface area (Å²) < 4.78 is 55.5. The lowest BCUT2D eigenvalue weighted by atomic mass is 9.68. The Morgan fingerprint density at radius 3 is 2.18 bits per heavy atom. The number of alkyl halides is 5. The standard InChI is InChI=1S/C16H21BrF4O/c1-10-8-12(14(22)6-4-3-5-7-14)13(9-11(10)2)15(18,19)16(17,20)21/h8,13,22H,3-7,9H2,1-2H3. The normalized spacial score (nSPS) is 26.9. The quantitative estimate of drug-likeness (QED) is 0.496. The first-order chi connectivity index (χ1) is 9.99. The SMILES string of the molecule is CC1=C(C)CC(C(F)(F)C(F)(F)Br)C(C2(O)CCCCC2)=C1. The monoisotopic (exact) mass is 384 g/mol. The molecule has 22 heavy (non-hydrogen) atoms. The van der Waals surface area contributed by atoms with E-state index in [1.165, 1.54) is 6.08 Å². The number of halogens is 5. The molecule has 2 aliphatic rings. The van der Waals surface area contributed by atoms with Crippen molar-refractivity contribution >= 4 is 15.9 Å². The maximum atomic E-state index is 14.3. The lowest BCUT2D eigenvalue weighted by Gasteiger charge is -2.43. The molecule has 0 aliphatic heterocycles. The first-order valence-corrected chi connectivity index (χ1v) is 8.34. The molecule has 2 rings (SSSR count). The largest absolute Gasteiger partial charge is 0.385 e. The van der Waals surface area contributed by atoms with Gasteiger partial charge in [0.1, 0.15) is 0 Å². The zero-order valence-electron chi connectivity index (χ0n) is 12.7. The number of aliphatic hydroxyl groups is 1. The van der Waals surface area contributed by atoms with Crippen LogP contribution in [0.1, 0.15) is 52.4 Å². The Kier molecular flexibility index (Phi) is 4.85. The van der Waals surface area contributed by atoms with Crippen molar-refractivity contribution in [2.24, 2.45) is 5.92 Å². The predicted octanol–water partition coefficient (Wildman–Crippen LogP) is 5.59. The Hall–Kier alpha value is -0.360. The molecule has 126 valence electrons. The van der Waals surface area contributed by atoms with Crippen LogP contribution in [0.3, 0.4) is 0 Å². The van der Waals surface area contributed by atoms with Gasteiger partial charge in [-0.05, 0) is 54.6 Å². The fourth-order valence-corrected chi connectivity index (χ4v) is 3.72. The van der Waals surface area contributed by atoms with Crippen LogP contribution in [0.2, 0.25) is 0 Å². The van der Waals surface area contributed by atoms with Crippen molar-refractivity contribution in [2.75, 3.05) is 0 Å². The smallest absolute Gasteiger partial charge is 0.364 e. The van der Waals surface area contributed by atoms with Crippen LogP contribution in [0, 0.1) is 5.92 Å². The van der Waals surface area contributed by atoms with Crippen molar-refractivity contribution in [3.8, 4) is 0 Å². The van der Waals surface area contributed by atoms with E-state index >= 15 is 0 Å². The van der Waals surface area contributed by atoms with Crippen LogP contribution in [0.5, 0.6) is 0 Å². The van der Waals surface area contributed by atoms with Gasteiger partial charge in [-0.2, -0.15) is 17.6 Å². The highest BCUT2D eigenvalue weighted by Gasteiger charge is 2.62. The van der Waals surface area contributed by atoms with Gasteiger partial charge in [-0.1, -0.05) is 36.5 Å². The minimum atomic E-state index is -4.31. The summed E-state index contributed by atoms with van der Waals surface area (Å²) in [6.45, 7) is 3.44. The molecule has 0 spiro atoms. The van der Waals surface area contributed by atoms with Crippen LogP contribution in [0.25, 0.3) is 0 Å². The molecule has 0 radical (unpaired) electrons. The fraction of sp³-hybridized carbons (Fsp3) is 0.750. The van der Waals surface area contributed by atoms with Crippen molar-refractivity contribution in [3.63, 3.8) is 0 Å². The molecule has 1 atom stereocenters. The molecular weight excluding hydrogens is 364 g/mol. The predicted molar refractivity (Wildman–Crippen MR) is 81.4 cm³/mol. The van der Waals surface area contributed by atoms with Gasteiger partial charge in [0.2, 0.25) is 0 Å². The second-order valence-electron chi connectivity index (χ2n) is 6.53. The maximum absolute atomic E-state index is 14.3. The highest BCUT2D eigenvalue weighted by Crippen LogP contribution is 2.54. The molecule has 0 aromatic rings. The molecule has 2 aliphatic carbocycles. The summed E-state index contributed by atoms with van der Waals surface area (Å²) in [7, 11) is 0. The van der Waals surface area contributed by atoms with Gasteiger partial charge in [-0.25, -0.2) is 0 Å². The van der Waals surface area contributed by atoms with E-state index in [4.69, 9.17) is 0 Å². The van der Waals surface area contributed by atoms with Crippen LogP contribution >= 0.6 is 15.9 Å². The van der Waals surface area contributed by atoms with Crippen molar-refractivity contribution in [1.29, 1.82) is 0 Å². The van der Waals surface area contributed by atoms with Crippen molar-refractivity contribution in [3.05, 3.63) is 22.8 Å². The maximum Gasteiger partial charge on any atom is 0.364 e. The highest BCUT2D eigenvalue weighted by molar-refractivity contribution is 9.10. The Balaban J connectivity index is 2.47.